The normalized spacial score (nSPS) is 21.3. The summed E-state index contributed by atoms with van der Waals surface area (Å²) in [5.41, 5.74) is 1.18. The van der Waals surface area contributed by atoms with Gasteiger partial charge in [0.25, 0.3) is 5.91 Å². The smallest absolute Gasteiger partial charge is 0.257 e. The minimum atomic E-state index is -0.432. The lowest BCUT2D eigenvalue weighted by molar-refractivity contribution is -0.0796. The Morgan fingerprint density at radius 1 is 1.29 bits per heavy atom. The number of amides is 1. The molecule has 1 aliphatic rings. The standard InChI is InChI=1S/C15H16N6O3/c1-9-7-20(8-13(23-9)14-19-18-10(2)24-14)15(22)11-6-17-21-12(11)4-3-5-16-21/h3-6,9,13H,7-8H2,1-2H3/t9-,13-/m1/s1. The number of aryl methyl sites for hydroxylation is 1. The first-order valence-corrected chi connectivity index (χ1v) is 7.65. The average molecular weight is 328 g/mol. The average Bonchev–Trinajstić information content (AvgIpc) is 3.20. The second-order valence-electron chi connectivity index (χ2n) is 5.76. The molecule has 3 aromatic heterocycles. The summed E-state index contributed by atoms with van der Waals surface area (Å²) in [6, 6.07) is 3.59. The number of hydrogen-bond acceptors (Lipinski definition) is 7. The maximum absolute atomic E-state index is 12.9. The fourth-order valence-electron chi connectivity index (χ4n) is 2.86. The van der Waals surface area contributed by atoms with Gasteiger partial charge in [-0.2, -0.15) is 14.8 Å². The van der Waals surface area contributed by atoms with E-state index in [0.29, 0.717) is 36.0 Å². The van der Waals surface area contributed by atoms with Crippen LogP contribution in [0.2, 0.25) is 0 Å². The molecular weight excluding hydrogens is 312 g/mol. The summed E-state index contributed by atoms with van der Waals surface area (Å²) in [6.07, 6.45) is 2.59. The summed E-state index contributed by atoms with van der Waals surface area (Å²) in [5, 5.41) is 16.0. The van der Waals surface area contributed by atoms with Crippen LogP contribution in [0.1, 0.15) is 35.2 Å². The third kappa shape index (κ3) is 2.52. The Balaban J connectivity index is 1.61. The Labute approximate surface area is 137 Å². The van der Waals surface area contributed by atoms with Gasteiger partial charge in [0.05, 0.1) is 24.4 Å². The second kappa shape index (κ2) is 5.68. The van der Waals surface area contributed by atoms with Gasteiger partial charge in [0, 0.05) is 19.7 Å². The van der Waals surface area contributed by atoms with Crippen molar-refractivity contribution < 1.29 is 13.9 Å². The second-order valence-corrected chi connectivity index (χ2v) is 5.76. The maximum atomic E-state index is 12.9. The molecule has 0 saturated carbocycles. The molecule has 1 amide bonds. The summed E-state index contributed by atoms with van der Waals surface area (Å²) in [5.74, 6) is 0.742. The molecule has 0 aliphatic carbocycles. The topological polar surface area (TPSA) is 98.7 Å². The summed E-state index contributed by atoms with van der Waals surface area (Å²) >= 11 is 0. The number of carbonyl (C=O) groups excluding carboxylic acids is 1. The number of ether oxygens (including phenoxy) is 1. The van der Waals surface area contributed by atoms with E-state index in [1.54, 1.807) is 24.1 Å². The van der Waals surface area contributed by atoms with Crippen molar-refractivity contribution in [3.8, 4) is 0 Å². The van der Waals surface area contributed by atoms with Crippen LogP contribution in [-0.2, 0) is 4.74 Å². The molecule has 2 atom stereocenters. The highest BCUT2D eigenvalue weighted by Gasteiger charge is 2.33. The molecule has 9 heteroatoms. The summed E-state index contributed by atoms with van der Waals surface area (Å²) < 4.78 is 12.7. The lowest BCUT2D eigenvalue weighted by Crippen LogP contribution is -2.46. The predicted octanol–water partition coefficient (Wildman–Crippen LogP) is 1.02. The van der Waals surface area contributed by atoms with E-state index in [-0.39, 0.29) is 12.0 Å². The van der Waals surface area contributed by atoms with Crippen LogP contribution < -0.4 is 0 Å². The summed E-state index contributed by atoms with van der Waals surface area (Å²) in [6.45, 7) is 4.47. The summed E-state index contributed by atoms with van der Waals surface area (Å²) in [7, 11) is 0. The van der Waals surface area contributed by atoms with Crippen molar-refractivity contribution in [2.75, 3.05) is 13.1 Å². The van der Waals surface area contributed by atoms with E-state index in [4.69, 9.17) is 9.15 Å². The highest BCUT2D eigenvalue weighted by Crippen LogP contribution is 2.26. The number of hydrogen-bond donors (Lipinski definition) is 0. The van der Waals surface area contributed by atoms with Crippen LogP contribution in [0.15, 0.2) is 28.9 Å². The van der Waals surface area contributed by atoms with Gasteiger partial charge in [-0.3, -0.25) is 4.79 Å². The number of morpholine rings is 1. The molecule has 4 heterocycles. The van der Waals surface area contributed by atoms with E-state index in [1.165, 1.54) is 10.8 Å². The van der Waals surface area contributed by atoms with Gasteiger partial charge in [-0.1, -0.05) is 0 Å². The Hall–Kier alpha value is -2.81. The molecule has 9 nitrogen and oxygen atoms in total. The molecule has 124 valence electrons. The lowest BCUT2D eigenvalue weighted by atomic mass is 10.1. The molecule has 1 aliphatic heterocycles. The largest absolute Gasteiger partial charge is 0.423 e. The lowest BCUT2D eigenvalue weighted by Gasteiger charge is -2.35. The van der Waals surface area contributed by atoms with Gasteiger partial charge in [0.15, 0.2) is 6.10 Å². The van der Waals surface area contributed by atoms with Crippen molar-refractivity contribution in [1.82, 2.24) is 29.9 Å². The molecule has 4 rings (SSSR count). The fraction of sp³-hybridized carbons (Fsp3) is 0.400. The number of nitrogens with zero attached hydrogens (tertiary/aromatic N) is 6. The molecule has 0 N–H and O–H groups in total. The number of fused-ring (bicyclic) bond motifs is 1. The quantitative estimate of drug-likeness (QED) is 0.692. The van der Waals surface area contributed by atoms with Gasteiger partial charge >= 0.3 is 0 Å². The van der Waals surface area contributed by atoms with Gasteiger partial charge < -0.3 is 14.1 Å². The minimum absolute atomic E-state index is 0.116. The van der Waals surface area contributed by atoms with Crippen LogP contribution in [0, 0.1) is 6.92 Å². The first-order chi connectivity index (χ1) is 11.6. The number of rotatable bonds is 2. The number of aromatic nitrogens is 5. The molecule has 0 bridgehead atoms. The van der Waals surface area contributed by atoms with E-state index in [1.807, 2.05) is 13.0 Å². The molecule has 0 radical (unpaired) electrons. The Bertz CT molecular complexity index is 888. The summed E-state index contributed by atoms with van der Waals surface area (Å²) in [4.78, 5) is 14.6. The maximum Gasteiger partial charge on any atom is 0.257 e. The van der Waals surface area contributed by atoms with Gasteiger partial charge in [-0.15, -0.1) is 10.2 Å². The van der Waals surface area contributed by atoms with Crippen LogP contribution in [0.4, 0.5) is 0 Å². The van der Waals surface area contributed by atoms with Crippen LogP contribution in [0.3, 0.4) is 0 Å². The van der Waals surface area contributed by atoms with Gasteiger partial charge in [0.2, 0.25) is 11.8 Å². The Kier molecular flexibility index (Phi) is 3.49. The van der Waals surface area contributed by atoms with Crippen LogP contribution >= 0.6 is 0 Å². The van der Waals surface area contributed by atoms with Crippen LogP contribution in [0.5, 0.6) is 0 Å². The van der Waals surface area contributed by atoms with Gasteiger partial charge in [-0.05, 0) is 19.1 Å². The van der Waals surface area contributed by atoms with E-state index in [2.05, 4.69) is 20.4 Å². The van der Waals surface area contributed by atoms with Crippen molar-refractivity contribution in [2.24, 2.45) is 0 Å². The van der Waals surface area contributed by atoms with Crippen molar-refractivity contribution in [3.05, 3.63) is 41.9 Å². The van der Waals surface area contributed by atoms with Gasteiger partial charge in [0.1, 0.15) is 5.52 Å². The van der Waals surface area contributed by atoms with Crippen molar-refractivity contribution in [2.45, 2.75) is 26.1 Å². The molecule has 0 aromatic carbocycles. The zero-order valence-corrected chi connectivity index (χ0v) is 13.3. The minimum Gasteiger partial charge on any atom is -0.423 e. The molecule has 24 heavy (non-hydrogen) atoms. The molecule has 1 fully saturated rings. The third-order valence-corrected chi connectivity index (χ3v) is 3.90. The van der Waals surface area contributed by atoms with E-state index in [9.17, 15) is 4.79 Å². The Morgan fingerprint density at radius 3 is 2.96 bits per heavy atom. The van der Waals surface area contributed by atoms with E-state index in [0.717, 1.165) is 0 Å². The van der Waals surface area contributed by atoms with Crippen molar-refractivity contribution >= 4 is 11.4 Å². The van der Waals surface area contributed by atoms with E-state index < -0.39 is 6.10 Å². The highest BCUT2D eigenvalue weighted by molar-refractivity contribution is 6.00. The van der Waals surface area contributed by atoms with Gasteiger partial charge in [-0.25, -0.2) is 0 Å². The monoisotopic (exact) mass is 328 g/mol. The van der Waals surface area contributed by atoms with Crippen molar-refractivity contribution in [3.63, 3.8) is 0 Å². The SMILES string of the molecule is Cc1nnc([C@H]2CN(C(=O)c3cnn4ncccc34)C[C@@H](C)O2)o1. The predicted molar refractivity (Wildman–Crippen MR) is 81.2 cm³/mol. The van der Waals surface area contributed by atoms with Crippen molar-refractivity contribution in [1.29, 1.82) is 0 Å². The molecule has 0 unspecified atom stereocenters. The van der Waals surface area contributed by atoms with Crippen LogP contribution in [0.25, 0.3) is 5.52 Å². The molecule has 3 aromatic rings. The van der Waals surface area contributed by atoms with Crippen LogP contribution in [-0.4, -0.2) is 55.0 Å². The number of carbonyl (C=O) groups is 1. The Morgan fingerprint density at radius 2 is 2.17 bits per heavy atom. The highest BCUT2D eigenvalue weighted by atomic mass is 16.5. The molecule has 1 saturated heterocycles. The zero-order chi connectivity index (χ0) is 16.7. The first-order valence-electron chi connectivity index (χ1n) is 7.65. The van der Waals surface area contributed by atoms with E-state index >= 15 is 0 Å². The fourth-order valence-corrected chi connectivity index (χ4v) is 2.86. The molecule has 0 spiro atoms. The first kappa shape index (κ1) is 14.8. The molecular formula is C15H16N6O3. The zero-order valence-electron chi connectivity index (χ0n) is 13.3. The third-order valence-electron chi connectivity index (χ3n) is 3.90.